The van der Waals surface area contributed by atoms with Crippen molar-refractivity contribution in [2.24, 2.45) is 11.1 Å². The molecule has 0 saturated carbocycles. The standard InChI is InChI=1S/C14H31N3O/c1-14(2,3)13(15)12(10-18)17-8-6-7-11(9-17)16(4)5/h11-13,18H,6-10,15H2,1-5H3. The second kappa shape index (κ2) is 6.33. The molecule has 1 rings (SSSR count). The van der Waals surface area contributed by atoms with Crippen LogP contribution in [-0.2, 0) is 0 Å². The second-order valence-corrected chi connectivity index (χ2v) is 6.90. The third-order valence-electron chi connectivity index (χ3n) is 4.23. The summed E-state index contributed by atoms with van der Waals surface area (Å²) in [6.07, 6.45) is 2.43. The molecule has 3 unspecified atom stereocenters. The van der Waals surface area contributed by atoms with Gasteiger partial charge in [0.15, 0.2) is 0 Å². The van der Waals surface area contributed by atoms with Gasteiger partial charge in [-0.25, -0.2) is 0 Å². The normalized spacial score (nSPS) is 26.3. The Hall–Kier alpha value is -0.160. The molecule has 0 radical (unpaired) electrons. The summed E-state index contributed by atoms with van der Waals surface area (Å²) in [6, 6.07) is 0.663. The number of nitrogens with two attached hydrogens (primary N) is 1. The van der Waals surface area contributed by atoms with E-state index in [0.29, 0.717) is 6.04 Å². The quantitative estimate of drug-likeness (QED) is 0.780. The van der Waals surface area contributed by atoms with Gasteiger partial charge in [-0.1, -0.05) is 20.8 Å². The Labute approximate surface area is 112 Å². The third kappa shape index (κ3) is 3.92. The minimum atomic E-state index is 0.00316. The van der Waals surface area contributed by atoms with Crippen molar-refractivity contribution in [3.05, 3.63) is 0 Å². The summed E-state index contributed by atoms with van der Waals surface area (Å²) in [5.74, 6) is 0. The van der Waals surface area contributed by atoms with Crippen molar-refractivity contribution in [2.75, 3.05) is 33.8 Å². The monoisotopic (exact) mass is 257 g/mol. The topological polar surface area (TPSA) is 52.7 Å². The predicted octanol–water partition coefficient (Wildman–Crippen LogP) is 0.747. The lowest BCUT2D eigenvalue weighted by Gasteiger charge is -2.44. The molecule has 4 heteroatoms. The van der Waals surface area contributed by atoms with Gasteiger partial charge in [0, 0.05) is 24.7 Å². The van der Waals surface area contributed by atoms with Crippen LogP contribution in [0.2, 0.25) is 0 Å². The average Bonchev–Trinajstić information content (AvgIpc) is 2.29. The summed E-state index contributed by atoms with van der Waals surface area (Å²) in [6.45, 7) is 8.66. The zero-order valence-electron chi connectivity index (χ0n) is 12.7. The van der Waals surface area contributed by atoms with E-state index in [4.69, 9.17) is 5.73 Å². The van der Waals surface area contributed by atoms with Gasteiger partial charge in [0.25, 0.3) is 0 Å². The van der Waals surface area contributed by atoms with E-state index in [0.717, 1.165) is 13.1 Å². The van der Waals surface area contributed by atoms with E-state index in [-0.39, 0.29) is 24.1 Å². The van der Waals surface area contributed by atoms with E-state index in [1.807, 2.05) is 0 Å². The minimum absolute atomic E-state index is 0.00316. The molecular formula is C14H31N3O. The van der Waals surface area contributed by atoms with Crippen LogP contribution in [0, 0.1) is 5.41 Å². The van der Waals surface area contributed by atoms with Crippen molar-refractivity contribution in [1.29, 1.82) is 0 Å². The van der Waals surface area contributed by atoms with Gasteiger partial charge in [0.05, 0.1) is 6.61 Å². The second-order valence-electron chi connectivity index (χ2n) is 6.90. The van der Waals surface area contributed by atoms with Gasteiger partial charge >= 0.3 is 0 Å². The van der Waals surface area contributed by atoms with Crippen molar-refractivity contribution in [3.63, 3.8) is 0 Å². The van der Waals surface area contributed by atoms with Gasteiger partial charge in [0.2, 0.25) is 0 Å². The van der Waals surface area contributed by atoms with Crippen LogP contribution in [-0.4, -0.2) is 66.8 Å². The van der Waals surface area contributed by atoms with Crippen molar-refractivity contribution in [3.8, 4) is 0 Å². The Kier molecular flexibility index (Phi) is 5.59. The Bertz CT molecular complexity index is 250. The molecule has 0 aliphatic carbocycles. The van der Waals surface area contributed by atoms with Crippen LogP contribution in [0.25, 0.3) is 0 Å². The highest BCUT2D eigenvalue weighted by Crippen LogP contribution is 2.25. The first-order chi connectivity index (χ1) is 8.27. The molecule has 108 valence electrons. The maximum Gasteiger partial charge on any atom is 0.0602 e. The van der Waals surface area contributed by atoms with Crippen LogP contribution in [0.5, 0.6) is 0 Å². The van der Waals surface area contributed by atoms with E-state index < -0.39 is 0 Å². The summed E-state index contributed by atoms with van der Waals surface area (Å²) in [4.78, 5) is 4.66. The molecular weight excluding hydrogens is 226 g/mol. The highest BCUT2D eigenvalue weighted by molar-refractivity contribution is 4.92. The van der Waals surface area contributed by atoms with Crippen LogP contribution in [0.3, 0.4) is 0 Å². The summed E-state index contributed by atoms with van der Waals surface area (Å²) in [5, 5.41) is 9.70. The van der Waals surface area contributed by atoms with E-state index in [9.17, 15) is 5.11 Å². The smallest absolute Gasteiger partial charge is 0.0602 e. The number of aliphatic hydroxyl groups excluding tert-OH is 1. The molecule has 0 aromatic rings. The molecule has 0 amide bonds. The Morgan fingerprint density at radius 1 is 1.39 bits per heavy atom. The predicted molar refractivity (Wildman–Crippen MR) is 76.6 cm³/mol. The average molecular weight is 257 g/mol. The van der Waals surface area contributed by atoms with E-state index in [1.165, 1.54) is 12.8 Å². The van der Waals surface area contributed by atoms with E-state index in [1.54, 1.807) is 0 Å². The number of likely N-dealkylation sites (N-methyl/N-ethyl adjacent to an activating group) is 1. The van der Waals surface area contributed by atoms with Crippen LogP contribution in [0.1, 0.15) is 33.6 Å². The van der Waals surface area contributed by atoms with Gasteiger partial charge < -0.3 is 15.7 Å². The fraction of sp³-hybridized carbons (Fsp3) is 1.00. The highest BCUT2D eigenvalue weighted by atomic mass is 16.3. The van der Waals surface area contributed by atoms with Crippen LogP contribution >= 0.6 is 0 Å². The summed E-state index contributed by atoms with van der Waals surface area (Å²) in [7, 11) is 4.26. The summed E-state index contributed by atoms with van der Waals surface area (Å²) in [5.41, 5.74) is 6.37. The zero-order valence-corrected chi connectivity index (χ0v) is 12.7. The van der Waals surface area contributed by atoms with Crippen LogP contribution in [0.15, 0.2) is 0 Å². The first kappa shape index (κ1) is 15.9. The first-order valence-corrected chi connectivity index (χ1v) is 7.04. The number of likely N-dealkylation sites (tertiary alicyclic amines) is 1. The lowest BCUT2D eigenvalue weighted by molar-refractivity contribution is 0.0319. The molecule has 0 aromatic carbocycles. The fourth-order valence-electron chi connectivity index (χ4n) is 2.74. The molecule has 1 aliphatic heterocycles. The van der Waals surface area contributed by atoms with Crippen molar-refractivity contribution < 1.29 is 5.11 Å². The lowest BCUT2D eigenvalue weighted by atomic mass is 9.82. The highest BCUT2D eigenvalue weighted by Gasteiger charge is 2.35. The maximum absolute atomic E-state index is 9.70. The largest absolute Gasteiger partial charge is 0.395 e. The molecule has 3 N–H and O–H groups in total. The molecule has 1 fully saturated rings. The van der Waals surface area contributed by atoms with Crippen LogP contribution in [0.4, 0.5) is 0 Å². The Morgan fingerprint density at radius 2 is 2.00 bits per heavy atom. The number of nitrogens with zero attached hydrogens (tertiary/aromatic N) is 2. The van der Waals surface area contributed by atoms with Crippen molar-refractivity contribution in [1.82, 2.24) is 9.80 Å². The molecule has 0 aromatic heterocycles. The molecule has 1 saturated heterocycles. The van der Waals surface area contributed by atoms with Gasteiger partial charge in [-0.05, 0) is 38.9 Å². The van der Waals surface area contributed by atoms with Crippen molar-refractivity contribution in [2.45, 2.75) is 51.7 Å². The molecule has 1 heterocycles. The number of piperidine rings is 1. The zero-order chi connectivity index (χ0) is 13.9. The van der Waals surface area contributed by atoms with Gasteiger partial charge in [-0.2, -0.15) is 0 Å². The molecule has 18 heavy (non-hydrogen) atoms. The van der Waals surface area contributed by atoms with Crippen molar-refractivity contribution >= 4 is 0 Å². The molecule has 3 atom stereocenters. The molecule has 0 bridgehead atoms. The molecule has 0 spiro atoms. The minimum Gasteiger partial charge on any atom is -0.395 e. The number of hydrogen-bond donors (Lipinski definition) is 2. The number of aliphatic hydroxyl groups is 1. The van der Waals surface area contributed by atoms with Gasteiger partial charge in [0.1, 0.15) is 0 Å². The van der Waals surface area contributed by atoms with Gasteiger partial charge in [-0.3, -0.25) is 4.90 Å². The van der Waals surface area contributed by atoms with E-state index in [2.05, 4.69) is 44.7 Å². The first-order valence-electron chi connectivity index (χ1n) is 7.04. The number of rotatable bonds is 4. The Balaban J connectivity index is 2.70. The number of hydrogen-bond acceptors (Lipinski definition) is 4. The van der Waals surface area contributed by atoms with Gasteiger partial charge in [-0.15, -0.1) is 0 Å². The maximum atomic E-state index is 9.70. The van der Waals surface area contributed by atoms with E-state index >= 15 is 0 Å². The van der Waals surface area contributed by atoms with Crippen LogP contribution < -0.4 is 5.73 Å². The molecule has 1 aliphatic rings. The summed E-state index contributed by atoms with van der Waals surface area (Å²) < 4.78 is 0. The Morgan fingerprint density at radius 3 is 2.44 bits per heavy atom. The summed E-state index contributed by atoms with van der Waals surface area (Å²) >= 11 is 0. The third-order valence-corrected chi connectivity index (χ3v) is 4.23. The fourth-order valence-corrected chi connectivity index (χ4v) is 2.74. The SMILES string of the molecule is CN(C)C1CCCN(C(CO)C(N)C(C)(C)C)C1. The lowest BCUT2D eigenvalue weighted by Crippen LogP contribution is -2.59. The molecule has 4 nitrogen and oxygen atoms in total.